The summed E-state index contributed by atoms with van der Waals surface area (Å²) in [5.41, 5.74) is 0.546. The van der Waals surface area contributed by atoms with Gasteiger partial charge in [-0.25, -0.2) is 4.68 Å². The lowest BCUT2D eigenvalue weighted by atomic mass is 9.99. The minimum atomic E-state index is -0.207. The number of aryl methyl sites for hydroxylation is 1. The van der Waals surface area contributed by atoms with Gasteiger partial charge in [-0.2, -0.15) is 5.10 Å². The van der Waals surface area contributed by atoms with Crippen LogP contribution >= 0.6 is 0 Å². The summed E-state index contributed by atoms with van der Waals surface area (Å²) in [7, 11) is 0. The predicted molar refractivity (Wildman–Crippen MR) is 85.3 cm³/mol. The maximum Gasteiger partial charge on any atom is 0.175 e. The van der Waals surface area contributed by atoms with E-state index in [1.54, 1.807) is 4.68 Å². The highest BCUT2D eigenvalue weighted by molar-refractivity contribution is 5.41. The van der Waals surface area contributed by atoms with Crippen LogP contribution in [0.3, 0.4) is 0 Å². The summed E-state index contributed by atoms with van der Waals surface area (Å²) in [5.74, 6) is 1.60. The fraction of sp³-hybridized carbons (Fsp3) is 0.562. The molecule has 0 aliphatic carbocycles. The SMILES string of the molecule is Cc1ccn(-c2ccc(N3CC(C)(C)OC(C)(C)C3)nn2)n1. The second-order valence-electron chi connectivity index (χ2n) is 7.13. The number of morpholine rings is 1. The Balaban J connectivity index is 1.83. The number of hydrogen-bond acceptors (Lipinski definition) is 5. The Morgan fingerprint density at radius 3 is 2.05 bits per heavy atom. The van der Waals surface area contributed by atoms with Crippen LogP contribution in [0.25, 0.3) is 5.82 Å². The highest BCUT2D eigenvalue weighted by atomic mass is 16.5. The van der Waals surface area contributed by atoms with E-state index in [2.05, 4.69) is 47.9 Å². The zero-order valence-corrected chi connectivity index (χ0v) is 13.9. The molecule has 2 aromatic rings. The van der Waals surface area contributed by atoms with Crippen LogP contribution in [-0.2, 0) is 4.74 Å². The Hall–Kier alpha value is -1.95. The van der Waals surface area contributed by atoms with Gasteiger partial charge in [-0.3, -0.25) is 0 Å². The molecule has 0 radical (unpaired) electrons. The van der Waals surface area contributed by atoms with Gasteiger partial charge >= 0.3 is 0 Å². The molecule has 0 spiro atoms. The van der Waals surface area contributed by atoms with Gasteiger partial charge in [0.2, 0.25) is 0 Å². The predicted octanol–water partition coefficient (Wildman–Crippen LogP) is 2.36. The number of ether oxygens (including phenoxy) is 1. The molecule has 1 aliphatic heterocycles. The van der Waals surface area contributed by atoms with Crippen LogP contribution in [0.1, 0.15) is 33.4 Å². The molecule has 0 saturated carbocycles. The fourth-order valence-corrected chi connectivity index (χ4v) is 3.10. The third kappa shape index (κ3) is 3.11. The first kappa shape index (κ1) is 15.0. The van der Waals surface area contributed by atoms with E-state index in [0.29, 0.717) is 0 Å². The number of nitrogens with zero attached hydrogens (tertiary/aromatic N) is 5. The molecule has 0 amide bonds. The molecule has 118 valence electrons. The first-order chi connectivity index (χ1) is 10.2. The molecular weight excluding hydrogens is 278 g/mol. The van der Waals surface area contributed by atoms with E-state index >= 15 is 0 Å². The molecule has 22 heavy (non-hydrogen) atoms. The molecule has 0 bridgehead atoms. The molecule has 3 heterocycles. The lowest BCUT2D eigenvalue weighted by molar-refractivity contribution is -0.133. The van der Waals surface area contributed by atoms with E-state index in [-0.39, 0.29) is 11.2 Å². The van der Waals surface area contributed by atoms with Crippen LogP contribution in [0.4, 0.5) is 5.82 Å². The maximum atomic E-state index is 6.10. The van der Waals surface area contributed by atoms with Crippen molar-refractivity contribution in [2.75, 3.05) is 18.0 Å². The lowest BCUT2D eigenvalue weighted by Gasteiger charge is -2.47. The van der Waals surface area contributed by atoms with Crippen molar-refractivity contribution in [3.05, 3.63) is 30.1 Å². The average Bonchev–Trinajstić information content (AvgIpc) is 2.82. The minimum absolute atomic E-state index is 0.207. The van der Waals surface area contributed by atoms with Crippen molar-refractivity contribution in [1.82, 2.24) is 20.0 Å². The zero-order chi connectivity index (χ0) is 16.0. The molecule has 1 saturated heterocycles. The summed E-state index contributed by atoms with van der Waals surface area (Å²) >= 11 is 0. The molecule has 0 N–H and O–H groups in total. The highest BCUT2D eigenvalue weighted by Gasteiger charge is 2.38. The van der Waals surface area contributed by atoms with Gasteiger partial charge in [0.05, 0.1) is 16.9 Å². The second kappa shape index (κ2) is 5.05. The molecule has 0 aromatic carbocycles. The smallest absolute Gasteiger partial charge is 0.175 e. The fourth-order valence-electron chi connectivity index (χ4n) is 3.10. The number of hydrogen-bond donors (Lipinski definition) is 0. The molecule has 2 aromatic heterocycles. The molecule has 6 nitrogen and oxygen atoms in total. The summed E-state index contributed by atoms with van der Waals surface area (Å²) in [5, 5.41) is 13.0. The maximum absolute atomic E-state index is 6.10. The van der Waals surface area contributed by atoms with Crippen molar-refractivity contribution in [1.29, 1.82) is 0 Å². The van der Waals surface area contributed by atoms with Gasteiger partial charge in [-0.05, 0) is 52.8 Å². The van der Waals surface area contributed by atoms with E-state index in [9.17, 15) is 0 Å². The molecular formula is C16H23N5O. The summed E-state index contributed by atoms with van der Waals surface area (Å²) in [6.07, 6.45) is 1.89. The van der Waals surface area contributed by atoms with E-state index in [1.807, 2.05) is 31.3 Å². The van der Waals surface area contributed by atoms with Crippen molar-refractivity contribution < 1.29 is 4.74 Å². The number of anilines is 1. The molecule has 1 fully saturated rings. The van der Waals surface area contributed by atoms with Crippen LogP contribution < -0.4 is 4.90 Å². The van der Waals surface area contributed by atoms with Crippen LogP contribution in [0, 0.1) is 6.92 Å². The zero-order valence-electron chi connectivity index (χ0n) is 13.9. The first-order valence-electron chi connectivity index (χ1n) is 7.56. The standard InChI is InChI=1S/C16H23N5O/c1-12-8-9-21(19-12)14-7-6-13(17-18-14)20-10-15(2,3)22-16(4,5)11-20/h6-9H,10-11H2,1-5H3. The lowest BCUT2D eigenvalue weighted by Crippen LogP contribution is -2.57. The average molecular weight is 301 g/mol. The summed E-state index contributed by atoms with van der Waals surface area (Å²) in [4.78, 5) is 2.23. The van der Waals surface area contributed by atoms with Crippen molar-refractivity contribution in [3.8, 4) is 5.82 Å². The Morgan fingerprint density at radius 2 is 1.55 bits per heavy atom. The van der Waals surface area contributed by atoms with Gasteiger partial charge in [0.25, 0.3) is 0 Å². The van der Waals surface area contributed by atoms with Crippen molar-refractivity contribution >= 4 is 5.82 Å². The third-order valence-electron chi connectivity index (χ3n) is 3.61. The Bertz CT molecular complexity index is 643. The summed E-state index contributed by atoms with van der Waals surface area (Å²) in [6.45, 7) is 12.0. The number of rotatable bonds is 2. The van der Waals surface area contributed by atoms with Gasteiger partial charge in [-0.15, -0.1) is 10.2 Å². The van der Waals surface area contributed by atoms with Gasteiger partial charge in [-0.1, -0.05) is 0 Å². The topological polar surface area (TPSA) is 56.1 Å². The van der Waals surface area contributed by atoms with Crippen LogP contribution in [-0.4, -0.2) is 44.3 Å². The molecule has 0 unspecified atom stereocenters. The van der Waals surface area contributed by atoms with Crippen molar-refractivity contribution in [3.63, 3.8) is 0 Å². The first-order valence-corrected chi connectivity index (χ1v) is 7.56. The molecule has 1 aliphatic rings. The summed E-state index contributed by atoms with van der Waals surface area (Å²) in [6, 6.07) is 5.89. The minimum Gasteiger partial charge on any atom is -0.366 e. The van der Waals surface area contributed by atoms with E-state index < -0.39 is 0 Å². The Morgan fingerprint density at radius 1 is 0.955 bits per heavy atom. The Kier molecular flexibility index (Phi) is 3.44. The monoisotopic (exact) mass is 301 g/mol. The van der Waals surface area contributed by atoms with Gasteiger partial charge < -0.3 is 9.64 Å². The largest absolute Gasteiger partial charge is 0.366 e. The third-order valence-corrected chi connectivity index (χ3v) is 3.61. The molecule has 6 heteroatoms. The van der Waals surface area contributed by atoms with Crippen LogP contribution in [0.15, 0.2) is 24.4 Å². The second-order valence-corrected chi connectivity index (χ2v) is 7.13. The van der Waals surface area contributed by atoms with E-state index in [4.69, 9.17) is 4.74 Å². The van der Waals surface area contributed by atoms with E-state index in [0.717, 1.165) is 30.4 Å². The Labute approximate surface area is 131 Å². The normalized spacial score (nSPS) is 20.1. The van der Waals surface area contributed by atoms with E-state index in [1.165, 1.54) is 0 Å². The van der Waals surface area contributed by atoms with Gasteiger partial charge in [0.15, 0.2) is 11.6 Å². The highest BCUT2D eigenvalue weighted by Crippen LogP contribution is 2.30. The van der Waals surface area contributed by atoms with Crippen LogP contribution in [0.2, 0.25) is 0 Å². The van der Waals surface area contributed by atoms with Crippen molar-refractivity contribution in [2.45, 2.75) is 45.8 Å². The van der Waals surface area contributed by atoms with Gasteiger partial charge in [0.1, 0.15) is 0 Å². The van der Waals surface area contributed by atoms with Crippen molar-refractivity contribution in [2.24, 2.45) is 0 Å². The number of aromatic nitrogens is 4. The quantitative estimate of drug-likeness (QED) is 0.852. The van der Waals surface area contributed by atoms with Gasteiger partial charge in [0, 0.05) is 19.3 Å². The molecule has 3 rings (SSSR count). The molecule has 0 atom stereocenters. The summed E-state index contributed by atoms with van der Waals surface area (Å²) < 4.78 is 7.84. The van der Waals surface area contributed by atoms with Crippen LogP contribution in [0.5, 0.6) is 0 Å².